The van der Waals surface area contributed by atoms with Crippen LogP contribution in [0, 0.1) is 0 Å². The standard InChI is InChI=1S/C11H21N3O4S/c1-12(2)19(16,17)14-5-3-4-10(14)11(15)13-6-8-18-9-7-13/h10H,3-9H2,1-2H3/t10-/m0/s1. The predicted molar refractivity (Wildman–Crippen MR) is 69.7 cm³/mol. The molecule has 7 nitrogen and oxygen atoms in total. The van der Waals surface area contributed by atoms with Crippen LogP contribution >= 0.6 is 0 Å². The fraction of sp³-hybridized carbons (Fsp3) is 0.909. The summed E-state index contributed by atoms with van der Waals surface area (Å²) in [5.74, 6) is -0.0915. The largest absolute Gasteiger partial charge is 0.378 e. The molecule has 2 saturated heterocycles. The Bertz CT molecular complexity index is 431. The summed E-state index contributed by atoms with van der Waals surface area (Å²) in [5.41, 5.74) is 0. The van der Waals surface area contributed by atoms with Crippen LogP contribution in [0.2, 0.25) is 0 Å². The maximum atomic E-state index is 12.4. The summed E-state index contributed by atoms with van der Waals surface area (Å²) in [5, 5.41) is 0. The van der Waals surface area contributed by atoms with Gasteiger partial charge in [-0.2, -0.15) is 17.0 Å². The number of hydrogen-bond donors (Lipinski definition) is 0. The molecule has 1 amide bonds. The first-order chi connectivity index (χ1) is 8.94. The van der Waals surface area contributed by atoms with Crippen LogP contribution in [0.1, 0.15) is 12.8 Å². The van der Waals surface area contributed by atoms with Crippen molar-refractivity contribution in [1.29, 1.82) is 0 Å². The molecule has 0 bridgehead atoms. The highest BCUT2D eigenvalue weighted by Crippen LogP contribution is 2.24. The van der Waals surface area contributed by atoms with E-state index in [9.17, 15) is 13.2 Å². The van der Waals surface area contributed by atoms with Crippen LogP contribution in [0.5, 0.6) is 0 Å². The van der Waals surface area contributed by atoms with Crippen LogP contribution < -0.4 is 0 Å². The second-order valence-corrected chi connectivity index (χ2v) is 7.09. The molecule has 0 N–H and O–H groups in total. The van der Waals surface area contributed by atoms with Crippen LogP contribution in [0.3, 0.4) is 0 Å². The highest BCUT2D eigenvalue weighted by molar-refractivity contribution is 7.86. The van der Waals surface area contributed by atoms with Gasteiger partial charge in [-0.1, -0.05) is 0 Å². The zero-order valence-corrected chi connectivity index (χ0v) is 12.2. The molecule has 0 unspecified atom stereocenters. The quantitative estimate of drug-likeness (QED) is 0.677. The van der Waals surface area contributed by atoms with Crippen molar-refractivity contribution < 1.29 is 17.9 Å². The highest BCUT2D eigenvalue weighted by Gasteiger charge is 2.41. The first-order valence-corrected chi connectivity index (χ1v) is 7.90. The smallest absolute Gasteiger partial charge is 0.282 e. The second kappa shape index (κ2) is 5.74. The number of ether oxygens (including phenoxy) is 1. The van der Waals surface area contributed by atoms with Gasteiger partial charge in [0.05, 0.1) is 13.2 Å². The van der Waals surface area contributed by atoms with Gasteiger partial charge in [-0.15, -0.1) is 0 Å². The van der Waals surface area contributed by atoms with E-state index in [1.54, 1.807) is 4.90 Å². The molecule has 0 aromatic rings. The van der Waals surface area contributed by atoms with Gasteiger partial charge in [0.2, 0.25) is 5.91 Å². The lowest BCUT2D eigenvalue weighted by atomic mass is 10.2. The van der Waals surface area contributed by atoms with Gasteiger partial charge in [0.25, 0.3) is 10.2 Å². The van der Waals surface area contributed by atoms with Gasteiger partial charge >= 0.3 is 0 Å². The Morgan fingerprint density at radius 1 is 1.21 bits per heavy atom. The minimum absolute atomic E-state index is 0.0915. The molecule has 2 rings (SSSR count). The first-order valence-electron chi connectivity index (χ1n) is 6.50. The molecular weight excluding hydrogens is 270 g/mol. The maximum absolute atomic E-state index is 12.4. The first kappa shape index (κ1) is 14.7. The molecule has 0 aromatic heterocycles. The number of amides is 1. The van der Waals surface area contributed by atoms with E-state index in [1.165, 1.54) is 18.4 Å². The third-order valence-corrected chi connectivity index (χ3v) is 5.52. The Morgan fingerprint density at radius 3 is 2.42 bits per heavy atom. The summed E-state index contributed by atoms with van der Waals surface area (Å²) >= 11 is 0. The SMILES string of the molecule is CN(C)S(=O)(=O)N1CCC[C@H]1C(=O)N1CCOCC1. The number of rotatable bonds is 3. The number of morpholine rings is 1. The Labute approximate surface area is 114 Å². The average molecular weight is 291 g/mol. The van der Waals surface area contributed by atoms with Crippen LogP contribution in [0.4, 0.5) is 0 Å². The molecular formula is C11H21N3O4S. The minimum Gasteiger partial charge on any atom is -0.378 e. The Kier molecular flexibility index (Phi) is 4.44. The van der Waals surface area contributed by atoms with Crippen LogP contribution in [0.25, 0.3) is 0 Å². The average Bonchev–Trinajstić information content (AvgIpc) is 2.88. The van der Waals surface area contributed by atoms with E-state index >= 15 is 0 Å². The molecule has 0 aromatic carbocycles. The third kappa shape index (κ3) is 2.91. The van der Waals surface area contributed by atoms with Gasteiger partial charge in [-0.3, -0.25) is 4.79 Å². The van der Waals surface area contributed by atoms with E-state index in [2.05, 4.69) is 0 Å². The molecule has 0 radical (unpaired) electrons. The van der Waals surface area contributed by atoms with Crippen molar-refractivity contribution in [2.45, 2.75) is 18.9 Å². The van der Waals surface area contributed by atoms with Crippen LogP contribution in [0.15, 0.2) is 0 Å². The minimum atomic E-state index is -3.52. The van der Waals surface area contributed by atoms with E-state index in [0.717, 1.165) is 10.7 Å². The van der Waals surface area contributed by atoms with Crippen molar-refractivity contribution in [3.8, 4) is 0 Å². The van der Waals surface area contributed by atoms with E-state index in [1.807, 2.05) is 0 Å². The fourth-order valence-corrected chi connectivity index (χ4v) is 3.76. The van der Waals surface area contributed by atoms with Crippen molar-refractivity contribution in [3.05, 3.63) is 0 Å². The van der Waals surface area contributed by atoms with E-state index in [-0.39, 0.29) is 5.91 Å². The monoisotopic (exact) mass is 291 g/mol. The molecule has 8 heteroatoms. The summed E-state index contributed by atoms with van der Waals surface area (Å²) in [6.07, 6.45) is 1.33. The van der Waals surface area contributed by atoms with Crippen molar-refractivity contribution in [1.82, 2.24) is 13.5 Å². The number of carbonyl (C=O) groups is 1. The van der Waals surface area contributed by atoms with E-state index in [4.69, 9.17) is 4.74 Å². The molecule has 0 aliphatic carbocycles. The molecule has 1 atom stereocenters. The predicted octanol–water partition coefficient (Wildman–Crippen LogP) is -0.884. The Hall–Kier alpha value is -0.700. The zero-order chi connectivity index (χ0) is 14.0. The Morgan fingerprint density at radius 2 is 1.84 bits per heavy atom. The van der Waals surface area contributed by atoms with Crippen molar-refractivity contribution in [2.75, 3.05) is 46.9 Å². The van der Waals surface area contributed by atoms with Gasteiger partial charge in [-0.05, 0) is 12.8 Å². The van der Waals surface area contributed by atoms with Gasteiger partial charge in [0.1, 0.15) is 6.04 Å². The maximum Gasteiger partial charge on any atom is 0.282 e. The molecule has 2 aliphatic heterocycles. The highest BCUT2D eigenvalue weighted by atomic mass is 32.2. The number of carbonyl (C=O) groups excluding carboxylic acids is 1. The third-order valence-electron chi connectivity index (χ3n) is 3.57. The van der Waals surface area contributed by atoms with Gasteiger partial charge in [-0.25, -0.2) is 0 Å². The van der Waals surface area contributed by atoms with Crippen LogP contribution in [-0.4, -0.2) is 80.8 Å². The normalized spacial score (nSPS) is 26.1. The van der Waals surface area contributed by atoms with Crippen molar-refractivity contribution >= 4 is 16.1 Å². The molecule has 0 saturated carbocycles. The summed E-state index contributed by atoms with van der Waals surface area (Å²) in [6.45, 7) is 2.56. The summed E-state index contributed by atoms with van der Waals surface area (Å²) in [7, 11) is -0.542. The lowest BCUT2D eigenvalue weighted by Crippen LogP contribution is -2.52. The second-order valence-electron chi connectivity index (χ2n) is 5.00. The molecule has 0 spiro atoms. The molecule has 19 heavy (non-hydrogen) atoms. The van der Waals surface area contributed by atoms with Crippen molar-refractivity contribution in [2.24, 2.45) is 0 Å². The van der Waals surface area contributed by atoms with Crippen LogP contribution in [-0.2, 0) is 19.7 Å². The van der Waals surface area contributed by atoms with Gasteiger partial charge < -0.3 is 9.64 Å². The topological polar surface area (TPSA) is 70.2 Å². The zero-order valence-electron chi connectivity index (χ0n) is 11.4. The molecule has 2 heterocycles. The molecule has 2 fully saturated rings. The number of hydrogen-bond acceptors (Lipinski definition) is 4. The van der Waals surface area contributed by atoms with E-state index in [0.29, 0.717) is 39.3 Å². The van der Waals surface area contributed by atoms with E-state index < -0.39 is 16.3 Å². The summed E-state index contributed by atoms with van der Waals surface area (Å²) in [4.78, 5) is 14.1. The van der Waals surface area contributed by atoms with Gasteiger partial charge in [0, 0.05) is 33.7 Å². The summed E-state index contributed by atoms with van der Waals surface area (Å²) in [6, 6.07) is -0.550. The molecule has 110 valence electrons. The summed E-state index contributed by atoms with van der Waals surface area (Å²) < 4.78 is 32.1. The number of nitrogens with zero attached hydrogens (tertiary/aromatic N) is 3. The lowest BCUT2D eigenvalue weighted by molar-refractivity contribution is -0.138. The fourth-order valence-electron chi connectivity index (χ4n) is 2.47. The molecule has 2 aliphatic rings. The lowest BCUT2D eigenvalue weighted by Gasteiger charge is -2.32. The Balaban J connectivity index is 2.12. The van der Waals surface area contributed by atoms with Gasteiger partial charge in [0.15, 0.2) is 0 Å². The van der Waals surface area contributed by atoms with Crippen molar-refractivity contribution in [3.63, 3.8) is 0 Å².